The number of aryl methyl sites for hydroxylation is 1. The van der Waals surface area contributed by atoms with Crippen molar-refractivity contribution in [2.45, 2.75) is 26.7 Å². The smallest absolute Gasteiger partial charge is 0.307 e. The fourth-order valence-electron chi connectivity index (χ4n) is 3.51. The highest BCUT2D eigenvalue weighted by molar-refractivity contribution is 7.17. The Morgan fingerprint density at radius 2 is 1.71 bits per heavy atom. The van der Waals surface area contributed by atoms with E-state index in [1.165, 1.54) is 11.3 Å². The first-order valence-electron chi connectivity index (χ1n) is 10.8. The fourth-order valence-corrected chi connectivity index (χ4v) is 4.31. The first-order chi connectivity index (χ1) is 16.4. The lowest BCUT2D eigenvalue weighted by Crippen LogP contribution is -2.05. The monoisotopic (exact) mass is 475 g/mol. The largest absolute Gasteiger partial charge is 0.497 e. The number of ether oxygens (including phenoxy) is 2. The van der Waals surface area contributed by atoms with E-state index in [2.05, 4.69) is 12.2 Å². The van der Waals surface area contributed by atoms with E-state index < -0.39 is 5.97 Å². The molecule has 4 rings (SSSR count). The summed E-state index contributed by atoms with van der Waals surface area (Å²) < 4.78 is 11.2. The Morgan fingerprint density at radius 1 is 1.00 bits per heavy atom. The Kier molecular flexibility index (Phi) is 7.08. The molecule has 0 unspecified atom stereocenters. The average molecular weight is 476 g/mol. The maximum Gasteiger partial charge on any atom is 0.307 e. The summed E-state index contributed by atoms with van der Waals surface area (Å²) in [4.78, 5) is 21.4. The second-order valence-electron chi connectivity index (χ2n) is 7.60. The molecule has 0 saturated heterocycles. The van der Waals surface area contributed by atoms with Crippen molar-refractivity contribution in [3.8, 4) is 27.3 Å². The molecule has 8 heteroatoms. The van der Waals surface area contributed by atoms with Gasteiger partial charge >= 0.3 is 5.97 Å². The zero-order valence-electron chi connectivity index (χ0n) is 19.2. The van der Waals surface area contributed by atoms with Gasteiger partial charge in [-0.1, -0.05) is 30.4 Å². The van der Waals surface area contributed by atoms with Crippen LogP contribution in [0.3, 0.4) is 0 Å². The van der Waals surface area contributed by atoms with Gasteiger partial charge in [0.05, 0.1) is 18.4 Å². The van der Waals surface area contributed by atoms with E-state index >= 15 is 0 Å². The van der Waals surface area contributed by atoms with Crippen molar-refractivity contribution in [2.75, 3.05) is 12.4 Å². The van der Waals surface area contributed by atoms with Crippen LogP contribution in [0.2, 0.25) is 0 Å². The van der Waals surface area contributed by atoms with Gasteiger partial charge in [-0.3, -0.25) is 4.79 Å². The third kappa shape index (κ3) is 5.52. The van der Waals surface area contributed by atoms with Crippen LogP contribution in [0, 0.1) is 6.92 Å². The number of methoxy groups -OCH3 is 1. The zero-order chi connectivity index (χ0) is 24.1. The molecule has 34 heavy (non-hydrogen) atoms. The molecule has 2 N–H and O–H groups in total. The van der Waals surface area contributed by atoms with Gasteiger partial charge in [0.1, 0.15) is 17.3 Å². The highest BCUT2D eigenvalue weighted by atomic mass is 32.1. The molecule has 0 aliphatic rings. The minimum atomic E-state index is -0.851. The van der Waals surface area contributed by atoms with Gasteiger partial charge in [-0.25, -0.2) is 9.97 Å². The van der Waals surface area contributed by atoms with Gasteiger partial charge in [0.15, 0.2) is 10.9 Å². The summed E-state index contributed by atoms with van der Waals surface area (Å²) in [6.07, 6.45) is 0.776. The van der Waals surface area contributed by atoms with Crippen molar-refractivity contribution in [1.82, 2.24) is 9.97 Å². The molecule has 7 nitrogen and oxygen atoms in total. The van der Waals surface area contributed by atoms with Crippen LogP contribution < -0.4 is 14.8 Å². The van der Waals surface area contributed by atoms with Crippen molar-refractivity contribution < 1.29 is 19.4 Å². The third-order valence-corrected chi connectivity index (χ3v) is 6.18. The van der Waals surface area contributed by atoms with Gasteiger partial charge in [0.2, 0.25) is 0 Å². The van der Waals surface area contributed by atoms with Crippen LogP contribution in [-0.4, -0.2) is 28.2 Å². The normalized spacial score (nSPS) is 10.7. The number of aliphatic carboxylic acids is 1. The van der Waals surface area contributed by atoms with Gasteiger partial charge in [-0.2, -0.15) is 0 Å². The number of benzene rings is 2. The summed E-state index contributed by atoms with van der Waals surface area (Å²) in [5.74, 6) is 2.00. The summed E-state index contributed by atoms with van der Waals surface area (Å²) in [6, 6.07) is 18.6. The molecule has 0 saturated carbocycles. The molecule has 4 aromatic rings. The van der Waals surface area contributed by atoms with Crippen LogP contribution in [0.15, 0.2) is 60.7 Å². The number of aromatic nitrogens is 2. The molecule has 0 aliphatic carbocycles. The molecule has 0 radical (unpaired) electrons. The molecule has 0 amide bonds. The summed E-state index contributed by atoms with van der Waals surface area (Å²) in [7, 11) is 1.63. The van der Waals surface area contributed by atoms with Crippen molar-refractivity contribution in [1.29, 1.82) is 0 Å². The van der Waals surface area contributed by atoms with Gasteiger partial charge in [0.25, 0.3) is 0 Å². The Morgan fingerprint density at radius 3 is 2.35 bits per heavy atom. The number of nitrogens with one attached hydrogen (secondary N) is 1. The topological polar surface area (TPSA) is 93.6 Å². The van der Waals surface area contributed by atoms with E-state index in [0.717, 1.165) is 56.2 Å². The molecule has 2 aromatic carbocycles. The minimum Gasteiger partial charge on any atom is -0.497 e. The molecule has 0 atom stereocenters. The minimum absolute atomic E-state index is 0.00341. The second kappa shape index (κ2) is 10.4. The van der Waals surface area contributed by atoms with E-state index in [1.807, 2.05) is 55.5 Å². The molecule has 2 aromatic heterocycles. The van der Waals surface area contributed by atoms with Crippen LogP contribution in [-0.2, 0) is 17.6 Å². The Hall–Kier alpha value is -3.91. The molecular weight excluding hydrogens is 450 g/mol. The number of carboxylic acids is 1. The first-order valence-corrected chi connectivity index (χ1v) is 11.6. The molecule has 174 valence electrons. The number of thiophene rings is 1. The number of anilines is 2. The lowest BCUT2D eigenvalue weighted by molar-refractivity contribution is -0.136. The highest BCUT2D eigenvalue weighted by Gasteiger charge is 2.14. The van der Waals surface area contributed by atoms with Crippen molar-refractivity contribution in [3.05, 3.63) is 77.5 Å². The number of carboxylic acid groups (broad SMARTS) is 1. The zero-order valence-corrected chi connectivity index (χ0v) is 20.0. The van der Waals surface area contributed by atoms with E-state index in [1.54, 1.807) is 19.2 Å². The van der Waals surface area contributed by atoms with Gasteiger partial charge in [0, 0.05) is 16.9 Å². The number of hydrogen-bond acceptors (Lipinski definition) is 7. The summed E-state index contributed by atoms with van der Waals surface area (Å²) >= 11 is 1.47. The molecule has 0 bridgehead atoms. The third-order valence-electron chi connectivity index (χ3n) is 5.22. The summed E-state index contributed by atoms with van der Waals surface area (Å²) in [5, 5.41) is 13.1. The summed E-state index contributed by atoms with van der Waals surface area (Å²) in [5.41, 5.74) is 3.52. The van der Waals surface area contributed by atoms with E-state index in [4.69, 9.17) is 24.5 Å². The van der Waals surface area contributed by atoms with E-state index in [-0.39, 0.29) is 6.42 Å². The van der Waals surface area contributed by atoms with Crippen molar-refractivity contribution >= 4 is 28.8 Å². The Labute approximate surface area is 202 Å². The maximum absolute atomic E-state index is 10.9. The lowest BCUT2D eigenvalue weighted by atomic mass is 10.1. The molecular formula is C26H25N3O4S. The molecule has 2 heterocycles. The molecule has 0 fully saturated rings. The maximum atomic E-state index is 10.9. The Balaban J connectivity index is 1.56. The molecule has 0 spiro atoms. The standard InChI is InChI=1S/C26H25N3O4S/c1-4-21-16(2)27-26(29-25(21)28-18-7-5-17(6-8-18)15-23(30)31)22-13-14-24(34-22)33-20-11-9-19(32-3)10-12-20/h5-14H,4,15H2,1-3H3,(H,30,31)(H,27,28,29). The van der Waals surface area contributed by atoms with Crippen LogP contribution in [0.1, 0.15) is 23.7 Å². The van der Waals surface area contributed by atoms with E-state index in [9.17, 15) is 4.79 Å². The van der Waals surface area contributed by atoms with Crippen LogP contribution in [0.5, 0.6) is 16.6 Å². The Bertz CT molecular complexity index is 1280. The number of rotatable bonds is 9. The van der Waals surface area contributed by atoms with Crippen LogP contribution >= 0.6 is 11.3 Å². The average Bonchev–Trinajstić information content (AvgIpc) is 3.29. The summed E-state index contributed by atoms with van der Waals surface area (Å²) in [6.45, 7) is 4.05. The van der Waals surface area contributed by atoms with E-state index in [0.29, 0.717) is 5.82 Å². The van der Waals surface area contributed by atoms with Crippen LogP contribution in [0.4, 0.5) is 11.5 Å². The second-order valence-corrected chi connectivity index (χ2v) is 8.65. The fraction of sp³-hybridized carbons (Fsp3) is 0.192. The predicted octanol–water partition coefficient (Wildman–Crippen LogP) is 6.25. The number of carbonyl (C=O) groups is 1. The van der Waals surface area contributed by atoms with Crippen molar-refractivity contribution in [3.63, 3.8) is 0 Å². The quantitative estimate of drug-likeness (QED) is 0.296. The first kappa shape index (κ1) is 23.3. The predicted molar refractivity (Wildman–Crippen MR) is 134 cm³/mol. The van der Waals surface area contributed by atoms with Crippen LogP contribution in [0.25, 0.3) is 10.7 Å². The lowest BCUT2D eigenvalue weighted by Gasteiger charge is -2.14. The molecule has 0 aliphatic heterocycles. The SMILES string of the molecule is CCc1c(C)nc(-c2ccc(Oc3ccc(OC)cc3)s2)nc1Nc1ccc(CC(=O)O)cc1. The van der Waals surface area contributed by atoms with Gasteiger partial charge in [-0.15, -0.1) is 0 Å². The van der Waals surface area contributed by atoms with Gasteiger partial charge < -0.3 is 19.9 Å². The van der Waals surface area contributed by atoms with Crippen molar-refractivity contribution in [2.24, 2.45) is 0 Å². The number of nitrogens with zero attached hydrogens (tertiary/aromatic N) is 2. The highest BCUT2D eigenvalue weighted by Crippen LogP contribution is 2.36. The van der Waals surface area contributed by atoms with Gasteiger partial charge in [-0.05, 0) is 67.4 Å². The number of hydrogen-bond donors (Lipinski definition) is 2.